The molecular weight excluding hydrogens is 566 g/mol. The van der Waals surface area contributed by atoms with Crippen molar-refractivity contribution in [2.24, 2.45) is 0 Å². The molecule has 0 bridgehead atoms. The van der Waals surface area contributed by atoms with Gasteiger partial charge in [-0.15, -0.1) is 0 Å². The Hall–Kier alpha value is -4.04. The lowest BCUT2D eigenvalue weighted by Gasteiger charge is -2.41. The molecule has 1 aliphatic rings. The van der Waals surface area contributed by atoms with Crippen molar-refractivity contribution < 1.29 is 24.5 Å². The summed E-state index contributed by atoms with van der Waals surface area (Å²) in [4.78, 5) is 28.9. The first-order valence-electron chi connectivity index (χ1n) is 16.2. The first-order valence-corrected chi connectivity index (χ1v) is 16.2. The lowest BCUT2D eigenvalue weighted by atomic mass is 9.86. The first kappa shape index (κ1) is 33.8. The SMILES string of the molecule is CCCCCCCOc1ccc(N2CCN(c3ccc(C[C@H](NC(=O)c4ccc(C(C)(C)C)cc4)C(=O)O)cc3)CC2O)cc1. The number of benzene rings is 3. The number of aliphatic hydroxyl groups is 1. The second-order valence-electron chi connectivity index (χ2n) is 12.9. The second-order valence-corrected chi connectivity index (χ2v) is 12.9. The Kier molecular flexibility index (Phi) is 11.9. The van der Waals surface area contributed by atoms with Gasteiger partial charge in [0.25, 0.3) is 5.91 Å². The van der Waals surface area contributed by atoms with Crippen LogP contribution in [0.3, 0.4) is 0 Å². The van der Waals surface area contributed by atoms with Gasteiger partial charge in [-0.3, -0.25) is 4.79 Å². The summed E-state index contributed by atoms with van der Waals surface area (Å²) in [6.07, 6.45) is 5.51. The van der Waals surface area contributed by atoms with Gasteiger partial charge in [-0.2, -0.15) is 0 Å². The van der Waals surface area contributed by atoms with Crippen LogP contribution in [0.15, 0.2) is 72.8 Å². The van der Waals surface area contributed by atoms with E-state index in [-0.39, 0.29) is 11.8 Å². The minimum absolute atomic E-state index is 0.0366. The van der Waals surface area contributed by atoms with E-state index in [1.54, 1.807) is 12.1 Å². The first-order chi connectivity index (χ1) is 21.5. The Bertz CT molecular complexity index is 1370. The fourth-order valence-corrected chi connectivity index (χ4v) is 5.57. The number of carboxylic acid groups (broad SMARTS) is 1. The van der Waals surface area contributed by atoms with Gasteiger partial charge in [-0.25, -0.2) is 4.79 Å². The van der Waals surface area contributed by atoms with Crippen molar-refractivity contribution in [3.05, 3.63) is 89.5 Å². The van der Waals surface area contributed by atoms with Gasteiger partial charge in [-0.05, 0) is 71.5 Å². The molecule has 1 fully saturated rings. The van der Waals surface area contributed by atoms with Crippen LogP contribution in [0.5, 0.6) is 5.75 Å². The molecule has 8 heteroatoms. The summed E-state index contributed by atoms with van der Waals surface area (Å²) in [6.45, 7) is 11.1. The van der Waals surface area contributed by atoms with E-state index < -0.39 is 24.1 Å². The van der Waals surface area contributed by atoms with E-state index in [1.165, 1.54) is 25.7 Å². The summed E-state index contributed by atoms with van der Waals surface area (Å²) in [6, 6.07) is 21.8. The molecule has 242 valence electrons. The summed E-state index contributed by atoms with van der Waals surface area (Å²) in [5.74, 6) is -0.645. The van der Waals surface area contributed by atoms with Crippen LogP contribution >= 0.6 is 0 Å². The molecule has 0 aliphatic carbocycles. The van der Waals surface area contributed by atoms with Crippen LogP contribution in [0.1, 0.15) is 81.3 Å². The van der Waals surface area contributed by atoms with Crippen LogP contribution in [0.2, 0.25) is 0 Å². The van der Waals surface area contributed by atoms with Crippen molar-refractivity contribution in [2.75, 3.05) is 36.0 Å². The molecule has 1 unspecified atom stereocenters. The molecule has 1 aliphatic heterocycles. The van der Waals surface area contributed by atoms with Gasteiger partial charge in [-0.1, -0.05) is 77.6 Å². The third kappa shape index (κ3) is 9.72. The number of amides is 1. The fraction of sp³-hybridized carbons (Fsp3) is 0.459. The molecule has 8 nitrogen and oxygen atoms in total. The maximum Gasteiger partial charge on any atom is 0.326 e. The summed E-state index contributed by atoms with van der Waals surface area (Å²) in [5, 5.41) is 23.5. The molecule has 1 saturated heterocycles. The van der Waals surface area contributed by atoms with Crippen molar-refractivity contribution in [2.45, 2.75) is 83.9 Å². The van der Waals surface area contributed by atoms with E-state index in [0.717, 1.165) is 47.8 Å². The Balaban J connectivity index is 1.28. The lowest BCUT2D eigenvalue weighted by Crippen LogP contribution is -2.53. The number of carboxylic acids is 1. The molecule has 2 atom stereocenters. The average Bonchev–Trinajstić information content (AvgIpc) is 3.02. The van der Waals surface area contributed by atoms with Gasteiger partial charge in [0, 0.05) is 36.4 Å². The van der Waals surface area contributed by atoms with Gasteiger partial charge in [0.1, 0.15) is 18.0 Å². The van der Waals surface area contributed by atoms with Crippen molar-refractivity contribution >= 4 is 23.3 Å². The number of aliphatic hydroxyl groups excluding tert-OH is 1. The van der Waals surface area contributed by atoms with E-state index in [9.17, 15) is 19.8 Å². The number of hydrogen-bond acceptors (Lipinski definition) is 6. The minimum atomic E-state index is -1.08. The third-order valence-corrected chi connectivity index (χ3v) is 8.40. The quantitative estimate of drug-likeness (QED) is 0.180. The standard InChI is InChI=1S/C37H49N3O5/c1-5-6-7-8-9-24-45-32-20-18-31(19-21-32)40-23-22-39(26-34(40)41)30-16-10-27(11-17-30)25-33(36(43)44)38-35(42)28-12-14-29(15-13-28)37(2,3)4/h10-21,33-34,41H,5-9,22-26H2,1-4H3,(H,38,42)(H,43,44)/t33-,34?/m0/s1. The Labute approximate surface area is 268 Å². The molecule has 1 heterocycles. The molecular formula is C37H49N3O5. The van der Waals surface area contributed by atoms with Crippen molar-refractivity contribution in [1.82, 2.24) is 5.32 Å². The molecule has 1 amide bonds. The highest BCUT2D eigenvalue weighted by atomic mass is 16.5. The number of hydrogen-bond donors (Lipinski definition) is 3. The van der Waals surface area contributed by atoms with Crippen LogP contribution in [-0.4, -0.2) is 60.6 Å². The topological polar surface area (TPSA) is 102 Å². The molecule has 3 aromatic carbocycles. The van der Waals surface area contributed by atoms with E-state index in [0.29, 0.717) is 18.7 Å². The molecule has 3 N–H and O–H groups in total. The van der Waals surface area contributed by atoms with Crippen LogP contribution in [-0.2, 0) is 16.6 Å². The Morgan fingerprint density at radius 2 is 1.53 bits per heavy atom. The monoisotopic (exact) mass is 615 g/mol. The van der Waals surface area contributed by atoms with Gasteiger partial charge >= 0.3 is 5.97 Å². The number of carbonyl (C=O) groups excluding carboxylic acids is 1. The number of β-amino-alcohol motifs (C(OH)–C–C–N with tert-alkyl or cyclic N) is 1. The molecule has 4 rings (SSSR count). The highest BCUT2D eigenvalue weighted by molar-refractivity contribution is 5.96. The smallest absolute Gasteiger partial charge is 0.326 e. The van der Waals surface area contributed by atoms with Gasteiger partial charge in [0.15, 0.2) is 0 Å². The van der Waals surface area contributed by atoms with Gasteiger partial charge in [0.05, 0.1) is 13.2 Å². The summed E-state index contributed by atoms with van der Waals surface area (Å²) >= 11 is 0. The minimum Gasteiger partial charge on any atom is -0.494 e. The van der Waals surface area contributed by atoms with E-state index >= 15 is 0 Å². The van der Waals surface area contributed by atoms with Crippen molar-refractivity contribution in [3.63, 3.8) is 0 Å². The van der Waals surface area contributed by atoms with Gasteiger partial charge in [0.2, 0.25) is 0 Å². The number of unbranched alkanes of at least 4 members (excludes halogenated alkanes) is 4. The van der Waals surface area contributed by atoms with Crippen molar-refractivity contribution in [3.8, 4) is 5.75 Å². The number of ether oxygens (including phenoxy) is 1. The number of rotatable bonds is 14. The average molecular weight is 616 g/mol. The summed E-state index contributed by atoms with van der Waals surface area (Å²) in [5.41, 5.74) is 4.21. The van der Waals surface area contributed by atoms with E-state index in [4.69, 9.17) is 4.74 Å². The zero-order chi connectivity index (χ0) is 32.4. The molecule has 3 aromatic rings. The number of nitrogens with zero attached hydrogens (tertiary/aromatic N) is 2. The zero-order valence-electron chi connectivity index (χ0n) is 27.2. The van der Waals surface area contributed by atoms with Crippen molar-refractivity contribution in [1.29, 1.82) is 0 Å². The number of nitrogens with one attached hydrogen (secondary N) is 1. The number of anilines is 2. The maximum absolute atomic E-state index is 12.8. The zero-order valence-corrected chi connectivity index (χ0v) is 27.2. The molecule has 45 heavy (non-hydrogen) atoms. The molecule has 0 saturated carbocycles. The largest absolute Gasteiger partial charge is 0.494 e. The lowest BCUT2D eigenvalue weighted by molar-refractivity contribution is -0.139. The molecule has 0 spiro atoms. The fourth-order valence-electron chi connectivity index (χ4n) is 5.57. The van der Waals surface area contributed by atoms with Crippen LogP contribution in [0, 0.1) is 0 Å². The van der Waals surface area contributed by atoms with Crippen LogP contribution in [0.4, 0.5) is 11.4 Å². The molecule has 0 radical (unpaired) electrons. The number of piperazine rings is 1. The second kappa shape index (κ2) is 15.8. The Morgan fingerprint density at radius 1 is 0.889 bits per heavy atom. The summed E-state index contributed by atoms with van der Waals surface area (Å²) < 4.78 is 5.89. The van der Waals surface area contributed by atoms with Crippen LogP contribution < -0.4 is 19.9 Å². The third-order valence-electron chi connectivity index (χ3n) is 8.40. The number of aliphatic carboxylic acids is 1. The normalized spacial score (nSPS) is 15.9. The highest BCUT2D eigenvalue weighted by Crippen LogP contribution is 2.26. The predicted molar refractivity (Wildman–Crippen MR) is 180 cm³/mol. The summed E-state index contributed by atoms with van der Waals surface area (Å²) in [7, 11) is 0. The predicted octanol–water partition coefficient (Wildman–Crippen LogP) is 6.40. The van der Waals surface area contributed by atoms with Crippen LogP contribution in [0.25, 0.3) is 0 Å². The highest BCUT2D eigenvalue weighted by Gasteiger charge is 2.26. The van der Waals surface area contributed by atoms with E-state index in [1.807, 2.05) is 65.6 Å². The van der Waals surface area contributed by atoms with E-state index in [2.05, 4.69) is 37.9 Å². The number of carbonyl (C=O) groups is 2. The maximum atomic E-state index is 12.8. The van der Waals surface area contributed by atoms with Gasteiger partial charge < -0.3 is 30.1 Å². The molecule has 0 aromatic heterocycles. The Morgan fingerprint density at radius 3 is 2.13 bits per heavy atom.